The standard InChI is InChI=1S/C13H17ClO.C10H12.C2H6/c1-4-11(10(3)15)8-12-9(2)6-5-7-13(12)14;1-8-6-7-9-4-2-3-5-10(8)9;1-2/h5-7,11H,4,8H2,1-3H3;2-5,8H,6-7H2,1H3;1-2H3. The largest absolute Gasteiger partial charge is 0.300 e. The predicted octanol–water partition coefficient (Wildman–Crippen LogP) is 7.57. The van der Waals surface area contributed by atoms with Crippen LogP contribution in [0.2, 0.25) is 5.02 Å². The summed E-state index contributed by atoms with van der Waals surface area (Å²) in [4.78, 5) is 11.4. The monoisotopic (exact) mass is 386 g/mol. The molecule has 2 aromatic rings. The van der Waals surface area contributed by atoms with Gasteiger partial charge in [-0.2, -0.15) is 0 Å². The molecule has 27 heavy (non-hydrogen) atoms. The van der Waals surface area contributed by atoms with Crippen molar-refractivity contribution in [3.8, 4) is 0 Å². The van der Waals surface area contributed by atoms with Crippen LogP contribution in [0, 0.1) is 12.8 Å². The number of Topliss-reactive ketones (excluding diaryl/α,β-unsaturated/α-hetero) is 1. The zero-order valence-electron chi connectivity index (χ0n) is 17.8. The van der Waals surface area contributed by atoms with E-state index in [1.165, 1.54) is 18.4 Å². The number of hydrogen-bond donors (Lipinski definition) is 0. The second-order valence-electron chi connectivity index (χ2n) is 7.09. The zero-order chi connectivity index (χ0) is 20.4. The molecule has 0 radical (unpaired) electrons. The molecular formula is C25H35ClO. The minimum atomic E-state index is 0.101. The van der Waals surface area contributed by atoms with Crippen molar-refractivity contribution in [3.05, 3.63) is 69.7 Å². The van der Waals surface area contributed by atoms with Crippen LogP contribution in [0.4, 0.5) is 0 Å². The van der Waals surface area contributed by atoms with E-state index in [0.717, 1.165) is 29.3 Å². The van der Waals surface area contributed by atoms with Gasteiger partial charge in [-0.05, 0) is 73.8 Å². The molecule has 0 aromatic heterocycles. The summed E-state index contributed by atoms with van der Waals surface area (Å²) in [6.45, 7) is 12.0. The first kappa shape index (κ1) is 23.4. The summed E-state index contributed by atoms with van der Waals surface area (Å²) < 4.78 is 0. The summed E-state index contributed by atoms with van der Waals surface area (Å²) in [6, 6.07) is 14.6. The zero-order valence-corrected chi connectivity index (χ0v) is 18.6. The van der Waals surface area contributed by atoms with Gasteiger partial charge in [0.15, 0.2) is 0 Å². The molecule has 0 aliphatic heterocycles. The molecule has 2 aromatic carbocycles. The molecule has 1 aliphatic carbocycles. The number of carbonyl (C=O) groups is 1. The molecule has 0 saturated heterocycles. The maximum atomic E-state index is 11.4. The summed E-state index contributed by atoms with van der Waals surface area (Å²) >= 11 is 6.12. The Labute approximate surface area is 171 Å². The van der Waals surface area contributed by atoms with Crippen LogP contribution in [-0.4, -0.2) is 5.78 Å². The molecule has 0 spiro atoms. The van der Waals surface area contributed by atoms with Gasteiger partial charge in [-0.1, -0.05) is 75.7 Å². The lowest BCUT2D eigenvalue weighted by Crippen LogP contribution is -2.13. The number of ketones is 1. The number of halogens is 1. The first-order valence-electron chi connectivity index (χ1n) is 10.3. The van der Waals surface area contributed by atoms with Crippen LogP contribution >= 0.6 is 11.6 Å². The van der Waals surface area contributed by atoms with Crippen molar-refractivity contribution in [1.29, 1.82) is 0 Å². The molecule has 148 valence electrons. The van der Waals surface area contributed by atoms with E-state index in [9.17, 15) is 4.79 Å². The fraction of sp³-hybridized carbons (Fsp3) is 0.480. The Morgan fingerprint density at radius 1 is 1.15 bits per heavy atom. The van der Waals surface area contributed by atoms with Crippen molar-refractivity contribution in [3.63, 3.8) is 0 Å². The van der Waals surface area contributed by atoms with E-state index < -0.39 is 0 Å². The van der Waals surface area contributed by atoms with Crippen LogP contribution < -0.4 is 0 Å². The van der Waals surface area contributed by atoms with Crippen molar-refractivity contribution in [1.82, 2.24) is 0 Å². The molecule has 1 aliphatic rings. The molecular weight excluding hydrogens is 352 g/mol. The van der Waals surface area contributed by atoms with E-state index in [0.29, 0.717) is 0 Å². The van der Waals surface area contributed by atoms with Crippen LogP contribution in [0.3, 0.4) is 0 Å². The second-order valence-corrected chi connectivity index (χ2v) is 7.50. The molecule has 2 unspecified atom stereocenters. The van der Waals surface area contributed by atoms with Crippen molar-refractivity contribution >= 4 is 17.4 Å². The number of aryl methyl sites for hydroxylation is 2. The highest BCUT2D eigenvalue weighted by Gasteiger charge is 2.16. The van der Waals surface area contributed by atoms with Gasteiger partial charge in [-0.15, -0.1) is 0 Å². The molecule has 0 fully saturated rings. The lowest BCUT2D eigenvalue weighted by atomic mass is 9.91. The average molecular weight is 387 g/mol. The molecule has 0 saturated carbocycles. The van der Waals surface area contributed by atoms with Crippen molar-refractivity contribution in [2.75, 3.05) is 0 Å². The number of rotatable bonds is 4. The molecule has 0 N–H and O–H groups in total. The Bertz CT molecular complexity index is 700. The van der Waals surface area contributed by atoms with Crippen molar-refractivity contribution in [2.45, 2.75) is 73.1 Å². The minimum Gasteiger partial charge on any atom is -0.300 e. The Morgan fingerprint density at radius 2 is 1.81 bits per heavy atom. The molecule has 0 bridgehead atoms. The van der Waals surface area contributed by atoms with Gasteiger partial charge in [0.05, 0.1) is 0 Å². The Hall–Kier alpha value is -1.60. The lowest BCUT2D eigenvalue weighted by molar-refractivity contribution is -0.120. The van der Waals surface area contributed by atoms with Crippen LogP contribution in [0.5, 0.6) is 0 Å². The summed E-state index contributed by atoms with van der Waals surface area (Å²) in [6.07, 6.45) is 4.27. The van der Waals surface area contributed by atoms with E-state index in [-0.39, 0.29) is 11.7 Å². The first-order valence-corrected chi connectivity index (χ1v) is 10.6. The summed E-state index contributed by atoms with van der Waals surface area (Å²) in [5.74, 6) is 1.15. The smallest absolute Gasteiger partial charge is 0.133 e. The Morgan fingerprint density at radius 3 is 2.37 bits per heavy atom. The SMILES string of the molecule is CC.CC1CCc2ccccc21.CCC(Cc1c(C)cccc1Cl)C(C)=O. The summed E-state index contributed by atoms with van der Waals surface area (Å²) in [5, 5.41) is 0.773. The third-order valence-electron chi connectivity index (χ3n) is 5.30. The van der Waals surface area contributed by atoms with Gasteiger partial charge in [0.1, 0.15) is 5.78 Å². The van der Waals surface area contributed by atoms with Crippen LogP contribution in [0.25, 0.3) is 0 Å². The molecule has 2 heteroatoms. The first-order chi connectivity index (χ1) is 12.9. The van der Waals surface area contributed by atoms with E-state index in [4.69, 9.17) is 11.6 Å². The van der Waals surface area contributed by atoms with E-state index in [2.05, 4.69) is 31.2 Å². The quantitative estimate of drug-likeness (QED) is 0.529. The molecule has 2 atom stereocenters. The lowest BCUT2D eigenvalue weighted by Gasteiger charge is -2.14. The van der Waals surface area contributed by atoms with Gasteiger partial charge in [0.2, 0.25) is 0 Å². The highest BCUT2D eigenvalue weighted by Crippen LogP contribution is 2.31. The van der Waals surface area contributed by atoms with Gasteiger partial charge in [-0.3, -0.25) is 4.79 Å². The molecule has 0 heterocycles. The second kappa shape index (κ2) is 12.0. The fourth-order valence-corrected chi connectivity index (χ4v) is 3.82. The average Bonchev–Trinajstić information content (AvgIpc) is 3.05. The van der Waals surface area contributed by atoms with Crippen molar-refractivity contribution < 1.29 is 4.79 Å². The number of benzene rings is 2. The summed E-state index contributed by atoms with van der Waals surface area (Å²) in [7, 11) is 0. The summed E-state index contributed by atoms with van der Waals surface area (Å²) in [5.41, 5.74) is 5.42. The van der Waals surface area contributed by atoms with Gasteiger partial charge in [0, 0.05) is 10.9 Å². The van der Waals surface area contributed by atoms with Gasteiger partial charge in [0.25, 0.3) is 0 Å². The van der Waals surface area contributed by atoms with Crippen LogP contribution in [-0.2, 0) is 17.6 Å². The predicted molar refractivity (Wildman–Crippen MR) is 119 cm³/mol. The molecule has 1 nitrogen and oxygen atoms in total. The van der Waals surface area contributed by atoms with E-state index in [1.54, 1.807) is 18.1 Å². The van der Waals surface area contributed by atoms with E-state index >= 15 is 0 Å². The third-order valence-corrected chi connectivity index (χ3v) is 5.66. The highest BCUT2D eigenvalue weighted by atomic mass is 35.5. The van der Waals surface area contributed by atoms with E-state index in [1.807, 2.05) is 45.9 Å². The fourth-order valence-electron chi connectivity index (χ4n) is 3.52. The van der Waals surface area contributed by atoms with Crippen molar-refractivity contribution in [2.24, 2.45) is 5.92 Å². The minimum absolute atomic E-state index is 0.101. The van der Waals surface area contributed by atoms with Crippen LogP contribution in [0.1, 0.15) is 75.6 Å². The van der Waals surface area contributed by atoms with Gasteiger partial charge >= 0.3 is 0 Å². The highest BCUT2D eigenvalue weighted by molar-refractivity contribution is 6.31. The number of fused-ring (bicyclic) bond motifs is 1. The number of hydrogen-bond acceptors (Lipinski definition) is 1. The third kappa shape index (κ3) is 6.81. The maximum Gasteiger partial charge on any atom is 0.133 e. The van der Waals surface area contributed by atoms with Gasteiger partial charge < -0.3 is 0 Å². The van der Waals surface area contributed by atoms with Crippen LogP contribution in [0.15, 0.2) is 42.5 Å². The molecule has 0 amide bonds. The topological polar surface area (TPSA) is 17.1 Å². The Kier molecular flexibility index (Phi) is 10.4. The van der Waals surface area contributed by atoms with Gasteiger partial charge in [-0.25, -0.2) is 0 Å². The number of carbonyl (C=O) groups excluding carboxylic acids is 1. The molecule has 3 rings (SSSR count). The Balaban J connectivity index is 0.000000262. The maximum absolute atomic E-state index is 11.4. The normalized spacial score (nSPS) is 15.6.